The largest absolute Gasteiger partial charge is 2.00 e. The van der Waals surface area contributed by atoms with Crippen LogP contribution in [0.15, 0.2) is 65.7 Å². The van der Waals surface area contributed by atoms with Gasteiger partial charge in [0.05, 0.1) is 5.95 Å². The third kappa shape index (κ3) is 6.83. The molecule has 142 valence electrons. The summed E-state index contributed by atoms with van der Waals surface area (Å²) in [5, 5.41) is 40.0. The minimum absolute atomic E-state index is 0. The summed E-state index contributed by atoms with van der Waals surface area (Å²) < 4.78 is 0. The summed E-state index contributed by atoms with van der Waals surface area (Å²) >= 11 is 0. The molecule has 13 heteroatoms. The normalized spacial score (nSPS) is 10.3. The zero-order chi connectivity index (χ0) is 19.6. The van der Waals surface area contributed by atoms with Gasteiger partial charge in [0, 0.05) is 5.56 Å². The molecule has 12 nitrogen and oxygen atoms in total. The van der Waals surface area contributed by atoms with Gasteiger partial charge < -0.3 is 15.5 Å². The minimum atomic E-state index is -0.371. The number of amides is 1. The van der Waals surface area contributed by atoms with Crippen molar-refractivity contribution in [1.29, 1.82) is 0 Å². The molecule has 2 aromatic heterocycles. The van der Waals surface area contributed by atoms with Crippen molar-refractivity contribution in [2.24, 2.45) is 4.99 Å². The summed E-state index contributed by atoms with van der Waals surface area (Å²) in [6.07, 6.45) is 0. The number of tetrazole rings is 2. The van der Waals surface area contributed by atoms with Crippen molar-refractivity contribution in [1.82, 2.24) is 41.2 Å². The van der Waals surface area contributed by atoms with E-state index in [0.29, 0.717) is 11.1 Å². The molecular weight excluding hydrogens is 571 g/mol. The molecule has 0 bridgehead atoms. The first-order valence-corrected chi connectivity index (χ1v) is 7.82. The monoisotopic (exact) mass is 584 g/mol. The zero-order valence-electron chi connectivity index (χ0n) is 14.7. The predicted octanol–water partition coefficient (Wildman–Crippen LogP) is 0.303. The molecule has 4 aromatic rings. The molecule has 0 unspecified atom stereocenters. The van der Waals surface area contributed by atoms with Gasteiger partial charge in [0.2, 0.25) is 5.91 Å². The van der Waals surface area contributed by atoms with E-state index in [9.17, 15) is 9.90 Å². The SMILES string of the molecule is O=C([N-]c1nnn[nH]1)c1ccccc1.[O-]/C(=N\c1nnn[nH]1)c1ccccc1.[Pb+2]. The predicted molar refractivity (Wildman–Crippen MR) is 101 cm³/mol. The summed E-state index contributed by atoms with van der Waals surface area (Å²) in [4.78, 5) is 15.1. The van der Waals surface area contributed by atoms with E-state index in [1.807, 2.05) is 12.1 Å². The third-order valence-corrected chi connectivity index (χ3v) is 3.12. The smallest absolute Gasteiger partial charge is 0.858 e. The van der Waals surface area contributed by atoms with E-state index < -0.39 is 0 Å². The topological polar surface area (TPSA) is 176 Å². The van der Waals surface area contributed by atoms with E-state index in [2.05, 4.69) is 51.6 Å². The number of benzene rings is 2. The molecular formula is C16H12N10O2Pb. The number of rotatable bonds is 4. The Morgan fingerprint density at radius 1 is 0.862 bits per heavy atom. The average molecular weight is 584 g/mol. The molecule has 0 saturated carbocycles. The van der Waals surface area contributed by atoms with E-state index in [-0.39, 0.29) is 51.0 Å². The van der Waals surface area contributed by atoms with Gasteiger partial charge in [0.25, 0.3) is 5.95 Å². The van der Waals surface area contributed by atoms with Crippen molar-refractivity contribution in [2.75, 3.05) is 0 Å². The first-order chi connectivity index (χ1) is 13.7. The van der Waals surface area contributed by atoms with Crippen molar-refractivity contribution >= 4 is 51.0 Å². The van der Waals surface area contributed by atoms with Gasteiger partial charge in [-0.2, -0.15) is 0 Å². The Hall–Kier alpha value is -3.56. The van der Waals surface area contributed by atoms with Gasteiger partial charge in [0.1, 0.15) is 0 Å². The Balaban J connectivity index is 0.000000200. The number of H-pyrrole nitrogens is 2. The number of hydrogen-bond donors (Lipinski definition) is 2. The Labute approximate surface area is 184 Å². The van der Waals surface area contributed by atoms with E-state index in [4.69, 9.17) is 0 Å². The number of carbonyl (C=O) groups is 1. The minimum Gasteiger partial charge on any atom is -0.858 e. The number of carbonyl (C=O) groups excluding carboxylic acids is 1. The molecule has 29 heavy (non-hydrogen) atoms. The molecule has 0 aliphatic rings. The van der Waals surface area contributed by atoms with Gasteiger partial charge in [-0.3, -0.25) is 9.89 Å². The number of hydrogen-bond acceptors (Lipinski definition) is 9. The molecule has 0 spiro atoms. The molecule has 0 aliphatic carbocycles. The van der Waals surface area contributed by atoms with Crippen LogP contribution in [-0.2, 0) is 0 Å². The standard InChI is InChI=1S/2C8H7N5O.Pb/c2*14-7(6-4-2-1-3-5-6)9-8-10-12-13-11-8;/h2*1-5H,(H2,9,10,11,12,13,14);/q;;+2/p-2. The number of nitrogens with one attached hydrogen (secondary N) is 2. The summed E-state index contributed by atoms with van der Waals surface area (Å²) in [5.74, 6) is -0.522. The zero-order valence-corrected chi connectivity index (χ0v) is 18.6. The summed E-state index contributed by atoms with van der Waals surface area (Å²) in [6, 6.07) is 17.4. The van der Waals surface area contributed by atoms with E-state index >= 15 is 0 Å². The molecule has 0 fully saturated rings. The summed E-state index contributed by atoms with van der Waals surface area (Å²) in [7, 11) is 0. The fraction of sp³-hybridized carbons (Fsp3) is 0. The van der Waals surface area contributed by atoms with Crippen LogP contribution in [0.25, 0.3) is 5.32 Å². The fourth-order valence-corrected chi connectivity index (χ4v) is 1.89. The van der Waals surface area contributed by atoms with Crippen LogP contribution in [0.3, 0.4) is 0 Å². The molecule has 2 N–H and O–H groups in total. The van der Waals surface area contributed by atoms with Crippen molar-refractivity contribution in [3.63, 3.8) is 0 Å². The van der Waals surface area contributed by atoms with Gasteiger partial charge >= 0.3 is 27.3 Å². The number of aromatic amines is 2. The first-order valence-electron chi connectivity index (χ1n) is 7.82. The van der Waals surface area contributed by atoms with Crippen molar-refractivity contribution in [3.05, 3.63) is 77.1 Å². The third-order valence-electron chi connectivity index (χ3n) is 3.12. The van der Waals surface area contributed by atoms with Crippen molar-refractivity contribution in [3.8, 4) is 0 Å². The Kier molecular flexibility index (Phi) is 8.49. The van der Waals surface area contributed by atoms with Crippen LogP contribution in [0.1, 0.15) is 15.9 Å². The van der Waals surface area contributed by atoms with Crippen LogP contribution in [0.2, 0.25) is 0 Å². The summed E-state index contributed by atoms with van der Waals surface area (Å²) in [6.45, 7) is 0. The van der Waals surface area contributed by atoms with Crippen LogP contribution < -0.4 is 5.11 Å². The number of nitrogens with zero attached hydrogens (tertiary/aromatic N) is 8. The average Bonchev–Trinajstić information content (AvgIpc) is 3.44. The van der Waals surface area contributed by atoms with Gasteiger partial charge in [-0.1, -0.05) is 65.8 Å². The number of aliphatic imine (C=N–C) groups is 1. The molecule has 4 rings (SSSR count). The van der Waals surface area contributed by atoms with Gasteiger partial charge in [-0.25, -0.2) is 10.1 Å². The van der Waals surface area contributed by atoms with Crippen molar-refractivity contribution in [2.45, 2.75) is 0 Å². The maximum Gasteiger partial charge on any atom is 2.00 e. The molecule has 0 saturated heterocycles. The Bertz CT molecular complexity index is 1010. The maximum atomic E-state index is 11.4. The van der Waals surface area contributed by atoms with Gasteiger partial charge in [-0.05, 0) is 21.9 Å². The fourth-order valence-electron chi connectivity index (χ4n) is 1.89. The van der Waals surface area contributed by atoms with E-state index in [1.165, 1.54) is 0 Å². The van der Waals surface area contributed by atoms with Crippen LogP contribution >= 0.6 is 0 Å². The molecule has 2 heterocycles. The molecule has 2 aromatic carbocycles. The first kappa shape index (κ1) is 21.7. The van der Waals surface area contributed by atoms with E-state index in [1.54, 1.807) is 48.5 Å². The quantitative estimate of drug-likeness (QED) is 0.196. The molecule has 0 aliphatic heterocycles. The second-order valence-electron chi connectivity index (χ2n) is 5.02. The summed E-state index contributed by atoms with van der Waals surface area (Å²) in [5.41, 5.74) is 1.01. The Morgan fingerprint density at radius 2 is 1.45 bits per heavy atom. The second-order valence-corrected chi connectivity index (χ2v) is 5.02. The second kappa shape index (κ2) is 11.3. The van der Waals surface area contributed by atoms with Gasteiger partial charge in [-0.15, -0.1) is 10.4 Å². The van der Waals surface area contributed by atoms with Crippen LogP contribution in [0.4, 0.5) is 11.9 Å². The molecule has 0 atom stereocenters. The van der Waals surface area contributed by atoms with Gasteiger partial charge in [0.15, 0.2) is 0 Å². The van der Waals surface area contributed by atoms with Crippen LogP contribution in [0.5, 0.6) is 0 Å². The van der Waals surface area contributed by atoms with Crippen LogP contribution in [-0.4, -0.2) is 80.4 Å². The molecule has 2 radical (unpaired) electrons. The van der Waals surface area contributed by atoms with Crippen LogP contribution in [0, 0.1) is 0 Å². The molecule has 1 amide bonds. The Morgan fingerprint density at radius 3 is 2.00 bits per heavy atom. The number of aromatic nitrogens is 8. The van der Waals surface area contributed by atoms with E-state index in [0.717, 1.165) is 0 Å². The maximum absolute atomic E-state index is 11.4. The van der Waals surface area contributed by atoms with Crippen molar-refractivity contribution < 1.29 is 9.90 Å².